The third kappa shape index (κ3) is 4.99. The van der Waals surface area contributed by atoms with Gasteiger partial charge in [0.15, 0.2) is 0 Å². The van der Waals surface area contributed by atoms with Crippen molar-refractivity contribution in [2.24, 2.45) is 0 Å². The van der Waals surface area contributed by atoms with Crippen LogP contribution in [0.2, 0.25) is 0 Å². The number of hydrogen-bond acceptors (Lipinski definition) is 4. The van der Waals surface area contributed by atoms with Crippen LogP contribution in [0, 0.1) is 5.82 Å². The van der Waals surface area contributed by atoms with Crippen LogP contribution in [0.3, 0.4) is 0 Å². The van der Waals surface area contributed by atoms with Gasteiger partial charge < -0.3 is 10.0 Å². The van der Waals surface area contributed by atoms with Crippen molar-refractivity contribution < 1.29 is 14.3 Å². The molecule has 1 aliphatic heterocycles. The SMILES string of the molecule is CC(c1ccc(F)cc1)N(C)C(=O)CN1CCN(CCO)CC1. The number of carbonyl (C=O) groups is 1. The molecule has 0 bridgehead atoms. The molecule has 2 rings (SSSR count). The number of amides is 1. The summed E-state index contributed by atoms with van der Waals surface area (Å²) in [5, 5.41) is 8.95. The maximum absolute atomic E-state index is 13.0. The lowest BCUT2D eigenvalue weighted by atomic mass is 10.1. The van der Waals surface area contributed by atoms with Gasteiger partial charge in [0.1, 0.15) is 5.82 Å². The first-order valence-corrected chi connectivity index (χ1v) is 8.08. The molecule has 0 aliphatic carbocycles. The number of hydrogen-bond donors (Lipinski definition) is 1. The number of carbonyl (C=O) groups excluding carboxylic acids is 1. The maximum atomic E-state index is 13.0. The molecule has 5 nitrogen and oxygen atoms in total. The van der Waals surface area contributed by atoms with Gasteiger partial charge in [-0.3, -0.25) is 14.6 Å². The van der Waals surface area contributed by atoms with Crippen LogP contribution < -0.4 is 0 Å². The molecule has 0 radical (unpaired) electrons. The molecule has 1 aromatic rings. The Balaban J connectivity index is 1.84. The van der Waals surface area contributed by atoms with Gasteiger partial charge in [-0.2, -0.15) is 0 Å². The van der Waals surface area contributed by atoms with Crippen molar-refractivity contribution in [3.63, 3.8) is 0 Å². The second-order valence-electron chi connectivity index (χ2n) is 6.07. The summed E-state index contributed by atoms with van der Waals surface area (Å²) in [6.45, 7) is 6.66. The first kappa shape index (κ1) is 17.8. The second-order valence-corrected chi connectivity index (χ2v) is 6.07. The molecule has 1 N–H and O–H groups in total. The van der Waals surface area contributed by atoms with Crippen LogP contribution in [-0.4, -0.2) is 78.6 Å². The predicted molar refractivity (Wildman–Crippen MR) is 87.6 cm³/mol. The van der Waals surface area contributed by atoms with E-state index in [2.05, 4.69) is 9.80 Å². The molecule has 0 saturated carbocycles. The number of nitrogens with zero attached hydrogens (tertiary/aromatic N) is 3. The minimum absolute atomic E-state index is 0.0671. The lowest BCUT2D eigenvalue weighted by Gasteiger charge is -2.35. The monoisotopic (exact) mass is 323 g/mol. The molecule has 6 heteroatoms. The lowest BCUT2D eigenvalue weighted by Crippen LogP contribution is -2.50. The molecule has 23 heavy (non-hydrogen) atoms. The van der Waals surface area contributed by atoms with Gasteiger partial charge in [-0.25, -0.2) is 4.39 Å². The average molecular weight is 323 g/mol. The van der Waals surface area contributed by atoms with Crippen LogP contribution in [0.1, 0.15) is 18.5 Å². The van der Waals surface area contributed by atoms with E-state index in [4.69, 9.17) is 5.11 Å². The van der Waals surface area contributed by atoms with Crippen LogP contribution in [-0.2, 0) is 4.79 Å². The van der Waals surface area contributed by atoms with E-state index >= 15 is 0 Å². The Bertz CT molecular complexity index is 501. The molecule has 0 spiro atoms. The third-order valence-electron chi connectivity index (χ3n) is 4.57. The highest BCUT2D eigenvalue weighted by Crippen LogP contribution is 2.19. The fourth-order valence-corrected chi connectivity index (χ4v) is 2.80. The van der Waals surface area contributed by atoms with Gasteiger partial charge in [0.2, 0.25) is 5.91 Å². The summed E-state index contributed by atoms with van der Waals surface area (Å²) in [6.07, 6.45) is 0. The fraction of sp³-hybridized carbons (Fsp3) is 0.588. The van der Waals surface area contributed by atoms with E-state index in [0.29, 0.717) is 13.1 Å². The quantitative estimate of drug-likeness (QED) is 0.847. The van der Waals surface area contributed by atoms with E-state index in [1.807, 2.05) is 6.92 Å². The van der Waals surface area contributed by atoms with Crippen LogP contribution in [0.5, 0.6) is 0 Å². The van der Waals surface area contributed by atoms with Gasteiger partial charge in [-0.1, -0.05) is 12.1 Å². The minimum Gasteiger partial charge on any atom is -0.395 e. The standard InChI is InChI=1S/C17H26FN3O2/c1-14(15-3-5-16(18)6-4-15)19(2)17(23)13-21-9-7-20(8-10-21)11-12-22/h3-6,14,22H,7-13H2,1-2H3. The third-order valence-corrected chi connectivity index (χ3v) is 4.57. The van der Waals surface area contributed by atoms with E-state index in [9.17, 15) is 9.18 Å². The number of halogens is 1. The number of aliphatic hydroxyl groups is 1. The Labute approximate surface area is 137 Å². The number of piperazine rings is 1. The Morgan fingerprint density at radius 1 is 1.22 bits per heavy atom. The van der Waals surface area contributed by atoms with Gasteiger partial charge in [0.05, 0.1) is 19.2 Å². The molecule has 1 aliphatic rings. The van der Waals surface area contributed by atoms with Crippen molar-refractivity contribution in [1.82, 2.24) is 14.7 Å². The maximum Gasteiger partial charge on any atom is 0.236 e. The highest BCUT2D eigenvalue weighted by atomic mass is 19.1. The van der Waals surface area contributed by atoms with E-state index in [1.165, 1.54) is 12.1 Å². The number of rotatable bonds is 6. The van der Waals surface area contributed by atoms with Crippen molar-refractivity contribution in [1.29, 1.82) is 0 Å². The molecule has 1 aromatic carbocycles. The summed E-state index contributed by atoms with van der Waals surface area (Å²) in [5.74, 6) is -0.201. The van der Waals surface area contributed by atoms with E-state index in [0.717, 1.165) is 31.7 Å². The van der Waals surface area contributed by atoms with Crippen molar-refractivity contribution in [3.8, 4) is 0 Å². The zero-order valence-corrected chi connectivity index (χ0v) is 13.9. The Hall–Kier alpha value is -1.50. The first-order chi connectivity index (χ1) is 11.0. The topological polar surface area (TPSA) is 47.0 Å². The van der Waals surface area contributed by atoms with E-state index < -0.39 is 0 Å². The zero-order valence-electron chi connectivity index (χ0n) is 13.9. The number of aliphatic hydroxyl groups excluding tert-OH is 1. The first-order valence-electron chi connectivity index (χ1n) is 8.08. The van der Waals surface area contributed by atoms with Crippen molar-refractivity contribution >= 4 is 5.91 Å². The Kier molecular flexibility index (Phi) is 6.50. The summed E-state index contributed by atoms with van der Waals surface area (Å²) >= 11 is 0. The summed E-state index contributed by atoms with van der Waals surface area (Å²) < 4.78 is 13.0. The fourth-order valence-electron chi connectivity index (χ4n) is 2.80. The highest BCUT2D eigenvalue weighted by molar-refractivity contribution is 5.78. The summed E-state index contributed by atoms with van der Waals surface area (Å²) in [5.41, 5.74) is 0.926. The molecular formula is C17H26FN3O2. The largest absolute Gasteiger partial charge is 0.395 e. The van der Waals surface area contributed by atoms with Crippen LogP contribution in [0.4, 0.5) is 4.39 Å². The molecule has 1 amide bonds. The van der Waals surface area contributed by atoms with E-state index in [-0.39, 0.29) is 24.4 Å². The van der Waals surface area contributed by atoms with Crippen LogP contribution >= 0.6 is 0 Å². The number of likely N-dealkylation sites (N-methyl/N-ethyl adjacent to an activating group) is 1. The van der Waals surface area contributed by atoms with Gasteiger partial charge >= 0.3 is 0 Å². The molecular weight excluding hydrogens is 297 g/mol. The molecule has 1 heterocycles. The van der Waals surface area contributed by atoms with Crippen molar-refractivity contribution in [2.45, 2.75) is 13.0 Å². The zero-order chi connectivity index (χ0) is 16.8. The second kappa shape index (κ2) is 8.38. The Morgan fingerprint density at radius 2 is 1.78 bits per heavy atom. The van der Waals surface area contributed by atoms with Gasteiger partial charge in [0, 0.05) is 39.8 Å². The predicted octanol–water partition coefficient (Wildman–Crippen LogP) is 0.955. The minimum atomic E-state index is -0.268. The van der Waals surface area contributed by atoms with Gasteiger partial charge in [0.25, 0.3) is 0 Å². The van der Waals surface area contributed by atoms with Crippen LogP contribution in [0.15, 0.2) is 24.3 Å². The van der Waals surface area contributed by atoms with Gasteiger partial charge in [-0.05, 0) is 24.6 Å². The molecule has 128 valence electrons. The number of benzene rings is 1. The van der Waals surface area contributed by atoms with Crippen LogP contribution in [0.25, 0.3) is 0 Å². The van der Waals surface area contributed by atoms with Crippen molar-refractivity contribution in [2.75, 3.05) is 52.9 Å². The van der Waals surface area contributed by atoms with E-state index in [1.54, 1.807) is 24.1 Å². The number of β-amino-alcohol motifs (C(OH)–C–C–N with tert-alkyl or cyclic N) is 1. The summed E-state index contributed by atoms with van der Waals surface area (Å²) in [7, 11) is 1.79. The van der Waals surface area contributed by atoms with Crippen molar-refractivity contribution in [3.05, 3.63) is 35.6 Å². The lowest BCUT2D eigenvalue weighted by molar-refractivity contribution is -0.133. The summed E-state index contributed by atoms with van der Waals surface area (Å²) in [6, 6.07) is 6.20. The molecule has 1 unspecified atom stereocenters. The smallest absolute Gasteiger partial charge is 0.236 e. The normalized spacial score (nSPS) is 17.9. The summed E-state index contributed by atoms with van der Waals surface area (Å²) in [4.78, 5) is 18.5. The van der Waals surface area contributed by atoms with Gasteiger partial charge in [-0.15, -0.1) is 0 Å². The molecule has 1 fully saturated rings. The average Bonchev–Trinajstić information content (AvgIpc) is 2.56. The molecule has 1 saturated heterocycles. The molecule has 0 aromatic heterocycles. The Morgan fingerprint density at radius 3 is 2.35 bits per heavy atom. The highest BCUT2D eigenvalue weighted by Gasteiger charge is 2.22. The molecule has 1 atom stereocenters.